The van der Waals surface area contributed by atoms with Crippen molar-refractivity contribution in [1.29, 1.82) is 0 Å². The Labute approximate surface area is 54.4 Å². The Kier molecular flexibility index (Phi) is 2.05. The van der Waals surface area contributed by atoms with E-state index >= 15 is 0 Å². The van der Waals surface area contributed by atoms with Crippen molar-refractivity contribution in [2.24, 2.45) is 0 Å². The number of hydrogen-bond donors (Lipinski definition) is 0. The molecular formula is C6H10NO2. The van der Waals surface area contributed by atoms with Crippen LogP contribution in [0.3, 0.4) is 0 Å². The van der Waals surface area contributed by atoms with E-state index in [2.05, 4.69) is 5.32 Å². The van der Waals surface area contributed by atoms with Gasteiger partial charge in [-0.25, -0.2) is 5.32 Å². The van der Waals surface area contributed by atoms with Gasteiger partial charge in [-0.05, 0) is 6.42 Å². The van der Waals surface area contributed by atoms with E-state index in [-0.39, 0.29) is 12.2 Å². The fraction of sp³-hybridized carbons (Fsp3) is 0.833. The van der Waals surface area contributed by atoms with Crippen LogP contribution in [0.25, 0.3) is 0 Å². The molecule has 0 N–H and O–H groups in total. The lowest BCUT2D eigenvalue weighted by Gasteiger charge is -2.06. The van der Waals surface area contributed by atoms with Crippen molar-refractivity contribution in [2.75, 3.05) is 6.54 Å². The van der Waals surface area contributed by atoms with Gasteiger partial charge in [-0.1, -0.05) is 0 Å². The molecule has 0 bridgehead atoms. The zero-order valence-corrected chi connectivity index (χ0v) is 5.46. The van der Waals surface area contributed by atoms with Crippen molar-refractivity contribution in [1.82, 2.24) is 5.32 Å². The SMILES string of the molecule is CC(=O)OC1CCC[N]1. The molecule has 0 saturated carbocycles. The van der Waals surface area contributed by atoms with Crippen LogP contribution in [0.5, 0.6) is 0 Å². The highest BCUT2D eigenvalue weighted by Gasteiger charge is 2.17. The number of nitrogens with zero attached hydrogens (tertiary/aromatic N) is 1. The molecule has 0 spiro atoms. The van der Waals surface area contributed by atoms with Crippen molar-refractivity contribution < 1.29 is 9.53 Å². The molecule has 1 aliphatic heterocycles. The monoisotopic (exact) mass is 128 g/mol. The third kappa shape index (κ3) is 2.01. The van der Waals surface area contributed by atoms with E-state index in [0.717, 1.165) is 19.4 Å². The van der Waals surface area contributed by atoms with Crippen LogP contribution < -0.4 is 5.32 Å². The molecular weight excluding hydrogens is 118 g/mol. The first kappa shape index (κ1) is 6.55. The number of hydrogen-bond acceptors (Lipinski definition) is 2. The van der Waals surface area contributed by atoms with Crippen LogP contribution >= 0.6 is 0 Å². The molecule has 0 aromatic heterocycles. The molecule has 1 radical (unpaired) electrons. The molecule has 3 heteroatoms. The van der Waals surface area contributed by atoms with Gasteiger partial charge >= 0.3 is 5.97 Å². The first-order valence-corrected chi connectivity index (χ1v) is 3.13. The Hall–Kier alpha value is -0.570. The van der Waals surface area contributed by atoms with Gasteiger partial charge in [0.25, 0.3) is 0 Å². The summed E-state index contributed by atoms with van der Waals surface area (Å²) in [5.41, 5.74) is 0. The summed E-state index contributed by atoms with van der Waals surface area (Å²) in [7, 11) is 0. The maximum atomic E-state index is 10.3. The lowest BCUT2D eigenvalue weighted by Crippen LogP contribution is -2.20. The summed E-state index contributed by atoms with van der Waals surface area (Å²) in [5.74, 6) is -0.231. The van der Waals surface area contributed by atoms with Gasteiger partial charge in [0.15, 0.2) is 6.23 Å². The Morgan fingerprint density at radius 2 is 2.56 bits per heavy atom. The first-order chi connectivity index (χ1) is 4.29. The Morgan fingerprint density at radius 1 is 1.78 bits per heavy atom. The van der Waals surface area contributed by atoms with Crippen molar-refractivity contribution in [2.45, 2.75) is 26.0 Å². The summed E-state index contributed by atoms with van der Waals surface area (Å²) in [6.07, 6.45) is 1.82. The Balaban J connectivity index is 2.19. The zero-order chi connectivity index (χ0) is 6.69. The molecule has 1 fully saturated rings. The van der Waals surface area contributed by atoms with Crippen LogP contribution in [0.4, 0.5) is 0 Å². The molecule has 1 aliphatic rings. The number of carbonyl (C=O) groups excluding carboxylic acids is 1. The fourth-order valence-electron chi connectivity index (χ4n) is 0.880. The highest BCUT2D eigenvalue weighted by Crippen LogP contribution is 2.07. The van der Waals surface area contributed by atoms with Gasteiger partial charge in [0.05, 0.1) is 0 Å². The van der Waals surface area contributed by atoms with Gasteiger partial charge in [0, 0.05) is 19.9 Å². The molecule has 0 amide bonds. The second kappa shape index (κ2) is 2.82. The standard InChI is InChI=1S/C6H10NO2/c1-5(8)9-6-3-2-4-7-6/h6H,2-4H2,1H3. The summed E-state index contributed by atoms with van der Waals surface area (Å²) >= 11 is 0. The molecule has 1 rings (SSSR count). The maximum absolute atomic E-state index is 10.3. The molecule has 0 aromatic carbocycles. The number of ether oxygens (including phenoxy) is 1. The first-order valence-electron chi connectivity index (χ1n) is 3.13. The third-order valence-electron chi connectivity index (χ3n) is 1.24. The molecule has 51 valence electrons. The minimum atomic E-state index is -0.231. The number of rotatable bonds is 1. The lowest BCUT2D eigenvalue weighted by atomic mass is 10.4. The molecule has 0 aliphatic carbocycles. The molecule has 1 unspecified atom stereocenters. The van der Waals surface area contributed by atoms with Crippen molar-refractivity contribution in [3.63, 3.8) is 0 Å². The van der Waals surface area contributed by atoms with Gasteiger partial charge in [-0.2, -0.15) is 0 Å². The predicted octanol–water partition coefficient (Wildman–Crippen LogP) is 0.274. The van der Waals surface area contributed by atoms with E-state index in [0.29, 0.717) is 0 Å². The fourth-order valence-corrected chi connectivity index (χ4v) is 0.880. The van der Waals surface area contributed by atoms with Crippen LogP contribution in [0, 0.1) is 0 Å². The quantitative estimate of drug-likeness (QED) is 0.476. The van der Waals surface area contributed by atoms with E-state index in [1.165, 1.54) is 6.92 Å². The average molecular weight is 128 g/mol. The van der Waals surface area contributed by atoms with E-state index in [9.17, 15) is 4.79 Å². The predicted molar refractivity (Wildman–Crippen MR) is 31.8 cm³/mol. The zero-order valence-electron chi connectivity index (χ0n) is 5.46. The minimum absolute atomic E-state index is 0.137. The highest BCUT2D eigenvalue weighted by atomic mass is 16.6. The number of carbonyl (C=O) groups is 1. The van der Waals surface area contributed by atoms with Gasteiger partial charge in [-0.15, -0.1) is 0 Å². The average Bonchev–Trinajstić information content (AvgIpc) is 2.15. The van der Waals surface area contributed by atoms with Gasteiger partial charge < -0.3 is 4.74 Å². The second-order valence-electron chi connectivity index (χ2n) is 2.11. The normalized spacial score (nSPS) is 26.1. The van der Waals surface area contributed by atoms with Crippen LogP contribution in [0.15, 0.2) is 0 Å². The van der Waals surface area contributed by atoms with Crippen molar-refractivity contribution in [3.8, 4) is 0 Å². The van der Waals surface area contributed by atoms with Crippen molar-refractivity contribution in [3.05, 3.63) is 0 Å². The number of esters is 1. The third-order valence-corrected chi connectivity index (χ3v) is 1.24. The van der Waals surface area contributed by atoms with E-state index < -0.39 is 0 Å². The molecule has 1 heterocycles. The van der Waals surface area contributed by atoms with Crippen LogP contribution in [-0.2, 0) is 9.53 Å². The maximum Gasteiger partial charge on any atom is 0.304 e. The molecule has 1 saturated heterocycles. The lowest BCUT2D eigenvalue weighted by molar-refractivity contribution is -0.147. The molecule has 9 heavy (non-hydrogen) atoms. The molecule has 1 atom stereocenters. The largest absolute Gasteiger partial charge is 0.445 e. The summed E-state index contributed by atoms with van der Waals surface area (Å²) < 4.78 is 4.81. The molecule has 0 aromatic rings. The summed E-state index contributed by atoms with van der Waals surface area (Å²) in [5, 5.41) is 4.03. The topological polar surface area (TPSA) is 40.4 Å². The van der Waals surface area contributed by atoms with Crippen molar-refractivity contribution >= 4 is 5.97 Å². The van der Waals surface area contributed by atoms with E-state index in [1.807, 2.05) is 0 Å². The molecule has 3 nitrogen and oxygen atoms in total. The smallest absolute Gasteiger partial charge is 0.304 e. The summed E-state index contributed by atoms with van der Waals surface area (Å²) in [4.78, 5) is 10.3. The Bertz CT molecular complexity index is 108. The van der Waals surface area contributed by atoms with Gasteiger partial charge in [0.1, 0.15) is 0 Å². The van der Waals surface area contributed by atoms with Gasteiger partial charge in [-0.3, -0.25) is 4.79 Å². The Morgan fingerprint density at radius 3 is 3.00 bits per heavy atom. The van der Waals surface area contributed by atoms with Crippen LogP contribution in [-0.4, -0.2) is 18.7 Å². The van der Waals surface area contributed by atoms with Crippen LogP contribution in [0.1, 0.15) is 19.8 Å². The summed E-state index contributed by atoms with van der Waals surface area (Å²) in [6.45, 7) is 2.26. The highest BCUT2D eigenvalue weighted by molar-refractivity contribution is 5.66. The van der Waals surface area contributed by atoms with E-state index in [1.54, 1.807) is 0 Å². The second-order valence-corrected chi connectivity index (χ2v) is 2.11. The van der Waals surface area contributed by atoms with E-state index in [4.69, 9.17) is 4.74 Å². The summed E-state index contributed by atoms with van der Waals surface area (Å²) in [6, 6.07) is 0. The minimum Gasteiger partial charge on any atom is -0.445 e. The van der Waals surface area contributed by atoms with Gasteiger partial charge in [0.2, 0.25) is 0 Å². The van der Waals surface area contributed by atoms with Crippen LogP contribution in [0.2, 0.25) is 0 Å².